The number of amides is 2. The van der Waals surface area contributed by atoms with Crippen LogP contribution in [0.5, 0.6) is 5.75 Å². The average molecular weight is 294 g/mol. The molecule has 21 heavy (non-hydrogen) atoms. The van der Waals surface area contributed by atoms with E-state index in [4.69, 9.17) is 4.74 Å². The van der Waals surface area contributed by atoms with E-state index in [0.29, 0.717) is 25.3 Å². The maximum Gasteiger partial charge on any atom is 0.242 e. The van der Waals surface area contributed by atoms with Crippen molar-refractivity contribution in [3.63, 3.8) is 0 Å². The van der Waals surface area contributed by atoms with E-state index in [1.54, 1.807) is 4.90 Å². The topological polar surface area (TPSA) is 58.6 Å². The molecule has 0 radical (unpaired) electrons. The van der Waals surface area contributed by atoms with Crippen LogP contribution in [0.4, 0.5) is 4.39 Å². The van der Waals surface area contributed by atoms with Gasteiger partial charge in [-0.05, 0) is 30.7 Å². The molecule has 0 aliphatic carbocycles. The molecule has 0 saturated carbocycles. The van der Waals surface area contributed by atoms with Crippen LogP contribution in [0.1, 0.15) is 19.8 Å². The third kappa shape index (κ3) is 3.93. The monoisotopic (exact) mass is 294 g/mol. The molecule has 1 fully saturated rings. The summed E-state index contributed by atoms with van der Waals surface area (Å²) >= 11 is 0. The van der Waals surface area contributed by atoms with Gasteiger partial charge in [0.2, 0.25) is 11.8 Å². The van der Waals surface area contributed by atoms with Crippen LogP contribution < -0.4 is 10.1 Å². The molecular weight excluding hydrogens is 275 g/mol. The zero-order valence-electron chi connectivity index (χ0n) is 12.0. The highest BCUT2D eigenvalue weighted by Crippen LogP contribution is 2.13. The Bertz CT molecular complexity index is 504. The Balaban J connectivity index is 1.83. The molecule has 6 heteroatoms. The number of nitrogens with zero attached hydrogens (tertiary/aromatic N) is 1. The van der Waals surface area contributed by atoms with Gasteiger partial charge in [-0.2, -0.15) is 0 Å². The molecule has 1 aliphatic heterocycles. The van der Waals surface area contributed by atoms with Crippen molar-refractivity contribution in [2.75, 3.05) is 19.7 Å². The quantitative estimate of drug-likeness (QED) is 0.891. The minimum atomic E-state index is -0.392. The third-order valence-corrected chi connectivity index (χ3v) is 3.44. The Labute approximate surface area is 123 Å². The Morgan fingerprint density at radius 1 is 1.43 bits per heavy atom. The van der Waals surface area contributed by atoms with Gasteiger partial charge in [0.1, 0.15) is 17.6 Å². The van der Waals surface area contributed by atoms with Gasteiger partial charge in [-0.25, -0.2) is 4.39 Å². The number of carbonyl (C=O) groups excluding carboxylic acids is 2. The van der Waals surface area contributed by atoms with E-state index in [1.165, 1.54) is 24.3 Å². The number of halogens is 1. The SMILES string of the molecule is CCC1C(=O)NCCN1C(=O)CCOc1ccc(F)cc1. The molecule has 1 unspecified atom stereocenters. The summed E-state index contributed by atoms with van der Waals surface area (Å²) in [5, 5.41) is 2.76. The van der Waals surface area contributed by atoms with E-state index >= 15 is 0 Å². The number of piperazine rings is 1. The number of rotatable bonds is 5. The lowest BCUT2D eigenvalue weighted by atomic mass is 10.1. The van der Waals surface area contributed by atoms with Crippen molar-refractivity contribution in [1.29, 1.82) is 0 Å². The van der Waals surface area contributed by atoms with Gasteiger partial charge in [-0.3, -0.25) is 9.59 Å². The smallest absolute Gasteiger partial charge is 0.242 e. The van der Waals surface area contributed by atoms with Crippen LogP contribution in [0, 0.1) is 5.82 Å². The molecule has 0 bridgehead atoms. The first kappa shape index (κ1) is 15.3. The summed E-state index contributed by atoms with van der Waals surface area (Å²) in [5.41, 5.74) is 0. The van der Waals surface area contributed by atoms with Gasteiger partial charge in [0, 0.05) is 13.1 Å². The average Bonchev–Trinajstić information content (AvgIpc) is 2.49. The lowest BCUT2D eigenvalue weighted by molar-refractivity contribution is -0.143. The van der Waals surface area contributed by atoms with E-state index in [-0.39, 0.29) is 30.7 Å². The van der Waals surface area contributed by atoms with Crippen LogP contribution in [-0.4, -0.2) is 42.5 Å². The maximum atomic E-state index is 12.7. The molecule has 2 rings (SSSR count). The summed E-state index contributed by atoms with van der Waals surface area (Å²) in [4.78, 5) is 25.5. The van der Waals surface area contributed by atoms with Gasteiger partial charge in [0.05, 0.1) is 13.0 Å². The van der Waals surface area contributed by atoms with E-state index in [9.17, 15) is 14.0 Å². The molecule has 1 saturated heterocycles. The predicted octanol–water partition coefficient (Wildman–Crippen LogP) is 1.33. The van der Waals surface area contributed by atoms with E-state index in [0.717, 1.165) is 0 Å². The Morgan fingerprint density at radius 3 is 2.81 bits per heavy atom. The summed E-state index contributed by atoms with van der Waals surface area (Å²) in [6, 6.07) is 5.25. The lowest BCUT2D eigenvalue weighted by Crippen LogP contribution is -2.57. The number of hydrogen-bond donors (Lipinski definition) is 1. The van der Waals surface area contributed by atoms with Crippen molar-refractivity contribution in [3.05, 3.63) is 30.1 Å². The summed E-state index contributed by atoms with van der Waals surface area (Å²) in [7, 11) is 0. The molecule has 1 aromatic rings. The standard InChI is InChI=1S/C15H19FN2O3/c1-2-13-15(20)17-8-9-18(13)14(19)7-10-21-12-5-3-11(16)4-6-12/h3-6,13H,2,7-10H2,1H3,(H,17,20). The number of ether oxygens (including phenoxy) is 1. The van der Waals surface area contributed by atoms with Crippen molar-refractivity contribution in [3.8, 4) is 5.75 Å². The maximum absolute atomic E-state index is 12.7. The molecule has 1 aliphatic rings. The second-order valence-electron chi connectivity index (χ2n) is 4.85. The molecule has 114 valence electrons. The van der Waals surface area contributed by atoms with Gasteiger partial charge < -0.3 is 15.0 Å². The van der Waals surface area contributed by atoms with Crippen molar-refractivity contribution in [1.82, 2.24) is 10.2 Å². The van der Waals surface area contributed by atoms with Gasteiger partial charge in [0.25, 0.3) is 0 Å². The highest BCUT2D eigenvalue weighted by molar-refractivity contribution is 5.88. The number of benzene rings is 1. The van der Waals surface area contributed by atoms with Crippen LogP contribution in [0.15, 0.2) is 24.3 Å². The van der Waals surface area contributed by atoms with Gasteiger partial charge in [-0.15, -0.1) is 0 Å². The number of nitrogens with one attached hydrogen (secondary N) is 1. The zero-order valence-corrected chi connectivity index (χ0v) is 12.0. The minimum Gasteiger partial charge on any atom is -0.493 e. The summed E-state index contributed by atoms with van der Waals surface area (Å²) in [5.74, 6) is -0.00784. The third-order valence-electron chi connectivity index (χ3n) is 3.44. The fraction of sp³-hybridized carbons (Fsp3) is 0.467. The largest absolute Gasteiger partial charge is 0.493 e. The summed E-state index contributed by atoms with van der Waals surface area (Å²) < 4.78 is 18.1. The molecule has 1 aromatic carbocycles. The van der Waals surface area contributed by atoms with Crippen LogP contribution in [-0.2, 0) is 9.59 Å². The summed E-state index contributed by atoms with van der Waals surface area (Å²) in [6.07, 6.45) is 0.789. The van der Waals surface area contributed by atoms with Crippen LogP contribution in [0.3, 0.4) is 0 Å². The molecule has 0 aromatic heterocycles. The molecule has 0 spiro atoms. The van der Waals surface area contributed by atoms with E-state index in [2.05, 4.69) is 5.32 Å². The van der Waals surface area contributed by atoms with Crippen molar-refractivity contribution in [2.45, 2.75) is 25.8 Å². The summed E-state index contributed by atoms with van der Waals surface area (Å²) in [6.45, 7) is 3.10. The van der Waals surface area contributed by atoms with Crippen molar-refractivity contribution >= 4 is 11.8 Å². The van der Waals surface area contributed by atoms with Crippen molar-refractivity contribution < 1.29 is 18.7 Å². The fourth-order valence-corrected chi connectivity index (χ4v) is 2.35. The van der Waals surface area contributed by atoms with Gasteiger partial charge in [-0.1, -0.05) is 6.92 Å². The highest BCUT2D eigenvalue weighted by atomic mass is 19.1. The molecule has 1 N–H and O–H groups in total. The fourth-order valence-electron chi connectivity index (χ4n) is 2.35. The molecule has 2 amide bonds. The van der Waals surface area contributed by atoms with Crippen molar-refractivity contribution in [2.24, 2.45) is 0 Å². The van der Waals surface area contributed by atoms with Gasteiger partial charge >= 0.3 is 0 Å². The molecule has 1 atom stereocenters. The lowest BCUT2D eigenvalue weighted by Gasteiger charge is -2.34. The van der Waals surface area contributed by atoms with Crippen LogP contribution >= 0.6 is 0 Å². The Morgan fingerprint density at radius 2 is 2.14 bits per heavy atom. The molecule has 1 heterocycles. The zero-order chi connectivity index (χ0) is 15.2. The van der Waals surface area contributed by atoms with E-state index < -0.39 is 6.04 Å². The number of hydrogen-bond acceptors (Lipinski definition) is 3. The highest BCUT2D eigenvalue weighted by Gasteiger charge is 2.31. The normalized spacial score (nSPS) is 18.3. The predicted molar refractivity (Wildman–Crippen MR) is 75.3 cm³/mol. The minimum absolute atomic E-state index is 0.0983. The Hall–Kier alpha value is -2.11. The molecule has 5 nitrogen and oxygen atoms in total. The second kappa shape index (κ2) is 7.06. The first-order valence-corrected chi connectivity index (χ1v) is 7.07. The number of carbonyl (C=O) groups is 2. The molecular formula is C15H19FN2O3. The second-order valence-corrected chi connectivity index (χ2v) is 4.85. The van der Waals surface area contributed by atoms with E-state index in [1.807, 2.05) is 6.92 Å². The first-order valence-electron chi connectivity index (χ1n) is 7.07. The van der Waals surface area contributed by atoms with Gasteiger partial charge in [0.15, 0.2) is 0 Å². The Kier molecular flexibility index (Phi) is 5.14. The first-order chi connectivity index (χ1) is 10.1. The van der Waals surface area contributed by atoms with Crippen LogP contribution in [0.25, 0.3) is 0 Å². The van der Waals surface area contributed by atoms with Crippen LogP contribution in [0.2, 0.25) is 0 Å².